The number of halogens is 1. The van der Waals surface area contributed by atoms with Crippen molar-refractivity contribution < 1.29 is 14.3 Å². The van der Waals surface area contributed by atoms with Gasteiger partial charge >= 0.3 is 0 Å². The fraction of sp³-hybridized carbons (Fsp3) is 0.611. The van der Waals surface area contributed by atoms with Gasteiger partial charge in [0.15, 0.2) is 0 Å². The highest BCUT2D eigenvalue weighted by molar-refractivity contribution is 5.85. The molecule has 1 unspecified atom stereocenters. The van der Waals surface area contributed by atoms with Gasteiger partial charge in [0, 0.05) is 50.3 Å². The quantitative estimate of drug-likeness (QED) is 0.848. The van der Waals surface area contributed by atoms with Crippen LogP contribution in [-0.4, -0.2) is 68.7 Å². The van der Waals surface area contributed by atoms with Gasteiger partial charge in [-0.05, 0) is 26.1 Å². The smallest absolute Gasteiger partial charge is 0.236 e. The Balaban J connectivity index is 0.00000225. The number of hydrogen-bond donors (Lipinski definition) is 1. The molecule has 3 rings (SSSR count). The number of piperazine rings is 1. The molecule has 25 heavy (non-hydrogen) atoms. The lowest BCUT2D eigenvalue weighted by molar-refractivity contribution is -0.131. The third kappa shape index (κ3) is 4.77. The number of fused-ring (bicyclic) bond motifs is 1. The molecular weight excluding hydrogens is 342 g/mol. The number of hydrogen-bond acceptors (Lipinski definition) is 5. The van der Waals surface area contributed by atoms with E-state index in [1.54, 1.807) is 7.11 Å². The fourth-order valence-electron chi connectivity index (χ4n) is 3.28. The first kappa shape index (κ1) is 19.8. The molecule has 2 aliphatic rings. The standard InChI is InChI=1S/C18H27N3O3.ClH/c1-13-8-14-9-16(23-3)15(10-17(14)24-13)11-19-12-18(22)21-6-4-20(2)5-7-21;/h9-10,13,19H,4-8,11-12H2,1-3H3;1H. The van der Waals surface area contributed by atoms with E-state index in [4.69, 9.17) is 9.47 Å². The number of nitrogens with zero attached hydrogens (tertiary/aromatic N) is 2. The van der Waals surface area contributed by atoms with Crippen LogP contribution < -0.4 is 14.8 Å². The molecular formula is C18H28ClN3O3. The first-order valence-electron chi connectivity index (χ1n) is 8.60. The maximum Gasteiger partial charge on any atom is 0.236 e. The lowest BCUT2D eigenvalue weighted by atomic mass is 10.1. The summed E-state index contributed by atoms with van der Waals surface area (Å²) >= 11 is 0. The van der Waals surface area contributed by atoms with Gasteiger partial charge in [-0.1, -0.05) is 0 Å². The van der Waals surface area contributed by atoms with Crippen molar-refractivity contribution in [1.29, 1.82) is 0 Å². The van der Waals surface area contributed by atoms with Gasteiger partial charge in [0.2, 0.25) is 5.91 Å². The van der Waals surface area contributed by atoms with Crippen molar-refractivity contribution in [2.45, 2.75) is 26.0 Å². The van der Waals surface area contributed by atoms with Gasteiger partial charge < -0.3 is 24.6 Å². The minimum Gasteiger partial charge on any atom is -0.496 e. The molecule has 0 radical (unpaired) electrons. The van der Waals surface area contributed by atoms with Gasteiger partial charge in [0.05, 0.1) is 13.7 Å². The predicted molar refractivity (Wildman–Crippen MR) is 99.8 cm³/mol. The summed E-state index contributed by atoms with van der Waals surface area (Å²) in [4.78, 5) is 16.4. The van der Waals surface area contributed by atoms with E-state index < -0.39 is 0 Å². The van der Waals surface area contributed by atoms with Crippen molar-refractivity contribution in [1.82, 2.24) is 15.1 Å². The van der Waals surface area contributed by atoms with E-state index in [0.29, 0.717) is 13.1 Å². The van der Waals surface area contributed by atoms with Crippen LogP contribution in [-0.2, 0) is 17.8 Å². The highest BCUT2D eigenvalue weighted by Gasteiger charge is 2.22. The first-order chi connectivity index (χ1) is 11.6. The molecule has 6 nitrogen and oxygen atoms in total. The molecule has 0 spiro atoms. The van der Waals surface area contributed by atoms with E-state index in [2.05, 4.69) is 30.3 Å². The highest BCUT2D eigenvalue weighted by Crippen LogP contribution is 2.34. The van der Waals surface area contributed by atoms with E-state index >= 15 is 0 Å². The summed E-state index contributed by atoms with van der Waals surface area (Å²) in [7, 11) is 3.77. The van der Waals surface area contributed by atoms with Crippen LogP contribution in [0, 0.1) is 0 Å². The molecule has 0 saturated carbocycles. The number of ether oxygens (including phenoxy) is 2. The largest absolute Gasteiger partial charge is 0.496 e. The van der Waals surface area contributed by atoms with Crippen LogP contribution in [0.1, 0.15) is 18.1 Å². The van der Waals surface area contributed by atoms with Gasteiger partial charge in [0.1, 0.15) is 17.6 Å². The molecule has 1 N–H and O–H groups in total. The van der Waals surface area contributed by atoms with Gasteiger partial charge in [-0.2, -0.15) is 0 Å². The zero-order valence-electron chi connectivity index (χ0n) is 15.2. The summed E-state index contributed by atoms with van der Waals surface area (Å²) in [5.41, 5.74) is 2.22. The van der Waals surface area contributed by atoms with Gasteiger partial charge in [-0.3, -0.25) is 4.79 Å². The van der Waals surface area contributed by atoms with Crippen molar-refractivity contribution >= 4 is 18.3 Å². The molecule has 0 aromatic heterocycles. The average Bonchev–Trinajstić information content (AvgIpc) is 2.93. The maximum atomic E-state index is 12.3. The maximum absolute atomic E-state index is 12.3. The second-order valence-electron chi connectivity index (χ2n) is 6.69. The van der Waals surface area contributed by atoms with Crippen LogP contribution in [0.25, 0.3) is 0 Å². The number of methoxy groups -OCH3 is 1. The van der Waals surface area contributed by atoms with Gasteiger partial charge in [-0.15, -0.1) is 12.4 Å². The molecule has 7 heteroatoms. The average molecular weight is 370 g/mol. The summed E-state index contributed by atoms with van der Waals surface area (Å²) in [6.07, 6.45) is 1.13. The first-order valence-corrected chi connectivity index (χ1v) is 8.60. The molecule has 1 aromatic carbocycles. The molecule has 1 amide bonds. The third-order valence-electron chi connectivity index (χ3n) is 4.75. The SMILES string of the molecule is COc1cc2c(cc1CNCC(=O)N1CCN(C)CC1)OC(C)C2.Cl. The second-order valence-corrected chi connectivity index (χ2v) is 6.69. The molecule has 140 valence electrons. The molecule has 2 aliphatic heterocycles. The number of carbonyl (C=O) groups is 1. The number of nitrogens with one attached hydrogen (secondary N) is 1. The zero-order valence-corrected chi connectivity index (χ0v) is 16.0. The summed E-state index contributed by atoms with van der Waals surface area (Å²) in [6.45, 7) is 6.52. The molecule has 1 atom stereocenters. The number of likely N-dealkylation sites (N-methyl/N-ethyl adjacent to an activating group) is 1. The Morgan fingerprint density at radius 2 is 2.04 bits per heavy atom. The van der Waals surface area contributed by atoms with Crippen LogP contribution in [0.3, 0.4) is 0 Å². The van der Waals surface area contributed by atoms with Gasteiger partial charge in [0.25, 0.3) is 0 Å². The predicted octanol–water partition coefficient (Wildman–Crippen LogP) is 1.30. The molecule has 0 bridgehead atoms. The molecule has 0 aliphatic carbocycles. The minimum atomic E-state index is 0. The Kier molecular flexibility index (Phi) is 6.93. The lowest BCUT2D eigenvalue weighted by Crippen LogP contribution is -2.49. The Hall–Kier alpha value is -1.50. The van der Waals surface area contributed by atoms with Crippen molar-refractivity contribution in [2.75, 3.05) is 46.9 Å². The molecule has 1 fully saturated rings. The van der Waals surface area contributed by atoms with Gasteiger partial charge in [-0.25, -0.2) is 0 Å². The monoisotopic (exact) mass is 369 g/mol. The van der Waals surface area contributed by atoms with Crippen molar-refractivity contribution in [3.05, 3.63) is 23.3 Å². The molecule has 2 heterocycles. The Labute approximate surface area is 155 Å². The van der Waals surface area contributed by atoms with Crippen LogP contribution in [0.2, 0.25) is 0 Å². The van der Waals surface area contributed by atoms with Crippen LogP contribution >= 0.6 is 12.4 Å². The second kappa shape index (κ2) is 8.74. The normalized spacial score (nSPS) is 19.8. The van der Waals surface area contributed by atoms with E-state index in [0.717, 1.165) is 49.7 Å². The van der Waals surface area contributed by atoms with Crippen molar-refractivity contribution in [2.24, 2.45) is 0 Å². The van der Waals surface area contributed by atoms with E-state index in [1.165, 1.54) is 5.56 Å². The Morgan fingerprint density at radius 3 is 2.72 bits per heavy atom. The summed E-state index contributed by atoms with van der Waals surface area (Å²) in [6, 6.07) is 4.09. The minimum absolute atomic E-state index is 0. The summed E-state index contributed by atoms with van der Waals surface area (Å²) < 4.78 is 11.3. The van der Waals surface area contributed by atoms with Crippen LogP contribution in [0.15, 0.2) is 12.1 Å². The van der Waals surface area contributed by atoms with E-state index in [9.17, 15) is 4.79 Å². The number of benzene rings is 1. The lowest BCUT2D eigenvalue weighted by Gasteiger charge is -2.32. The summed E-state index contributed by atoms with van der Waals surface area (Å²) in [5.74, 6) is 1.95. The van der Waals surface area contributed by atoms with E-state index in [-0.39, 0.29) is 24.4 Å². The third-order valence-corrected chi connectivity index (χ3v) is 4.75. The number of carbonyl (C=O) groups excluding carboxylic acids is 1. The topological polar surface area (TPSA) is 54.0 Å². The highest BCUT2D eigenvalue weighted by atomic mass is 35.5. The van der Waals surface area contributed by atoms with Crippen LogP contribution in [0.5, 0.6) is 11.5 Å². The van der Waals surface area contributed by atoms with Crippen molar-refractivity contribution in [3.8, 4) is 11.5 Å². The zero-order chi connectivity index (χ0) is 17.1. The molecule has 1 aromatic rings. The number of amides is 1. The number of rotatable bonds is 5. The Morgan fingerprint density at radius 1 is 1.32 bits per heavy atom. The molecule has 1 saturated heterocycles. The van der Waals surface area contributed by atoms with Crippen LogP contribution in [0.4, 0.5) is 0 Å². The Bertz CT molecular complexity index is 603. The van der Waals surface area contributed by atoms with Crippen molar-refractivity contribution in [3.63, 3.8) is 0 Å². The summed E-state index contributed by atoms with van der Waals surface area (Å²) in [5, 5.41) is 3.25. The fourth-order valence-corrected chi connectivity index (χ4v) is 3.28. The van der Waals surface area contributed by atoms with E-state index in [1.807, 2.05) is 11.0 Å².